The van der Waals surface area contributed by atoms with E-state index in [9.17, 15) is 0 Å². The van der Waals surface area contributed by atoms with E-state index < -0.39 is 0 Å². The van der Waals surface area contributed by atoms with Crippen molar-refractivity contribution >= 4 is 72.4 Å². The summed E-state index contributed by atoms with van der Waals surface area (Å²) in [6.07, 6.45) is 10.8. The molecule has 3 rings (SSSR count). The van der Waals surface area contributed by atoms with E-state index in [0.717, 1.165) is 12.8 Å². The first kappa shape index (κ1) is 20.8. The van der Waals surface area contributed by atoms with Gasteiger partial charge in [-0.15, -0.1) is 0 Å². The van der Waals surface area contributed by atoms with Crippen LogP contribution in [-0.4, -0.2) is 37.1 Å². The minimum absolute atomic E-state index is 0.0357. The van der Waals surface area contributed by atoms with Gasteiger partial charge in [0, 0.05) is 0 Å². The van der Waals surface area contributed by atoms with Gasteiger partial charge in [0.25, 0.3) is 0 Å². The van der Waals surface area contributed by atoms with Crippen LogP contribution < -0.4 is 23.6 Å². The Hall–Kier alpha value is 0.0449. The molecule has 0 unspecified atom stereocenters. The van der Waals surface area contributed by atoms with Crippen LogP contribution >= 0.6 is 20.3 Å². The molecule has 0 atom stereocenters. The van der Waals surface area contributed by atoms with Gasteiger partial charge in [-0.1, -0.05) is 6.58 Å². The van der Waals surface area contributed by atoms with E-state index in [1.54, 1.807) is 0 Å². The zero-order valence-electron chi connectivity index (χ0n) is 15.0. The van der Waals surface area contributed by atoms with E-state index in [-0.39, 0.29) is 33.6 Å². The van der Waals surface area contributed by atoms with Crippen molar-refractivity contribution in [3.05, 3.63) is 71.1 Å². The van der Waals surface area contributed by atoms with Crippen LogP contribution in [0, 0.1) is 6.92 Å². The zero-order valence-corrected chi connectivity index (χ0v) is 21.7. The second kappa shape index (κ2) is 9.50. The normalized spacial score (nSPS) is 13.6. The van der Waals surface area contributed by atoms with Crippen molar-refractivity contribution in [3.8, 4) is 0 Å². The van der Waals surface area contributed by atoms with Gasteiger partial charge >= 0.3 is 189 Å². The first-order valence-corrected chi connectivity index (χ1v) is 16.8. The third kappa shape index (κ3) is 4.21. The summed E-state index contributed by atoms with van der Waals surface area (Å²) < 4.78 is 4.82. The van der Waals surface area contributed by atoms with Crippen LogP contribution in [0.1, 0.15) is 34.5 Å². The topological polar surface area (TPSA) is 8.17 Å². The molecular weight excluding hydrogens is 576 g/mol. The van der Waals surface area contributed by atoms with E-state index in [0.29, 0.717) is 0 Å². The number of halogens is 2. The number of fused-ring (bicyclic) bond motifs is 1. The Morgan fingerprint density at radius 3 is 2.88 bits per heavy atom. The van der Waals surface area contributed by atoms with E-state index >= 15 is 0 Å². The van der Waals surface area contributed by atoms with Gasteiger partial charge in [0.2, 0.25) is 0 Å². The SMILES string of the molecule is C=C/C=C\c1c(C)c2c([n]1[Al][I])C=C(c1cccc([N]([Al])[I-]C)c1)CC2. The summed E-state index contributed by atoms with van der Waals surface area (Å²) in [5, 5.41) is 0. The van der Waals surface area contributed by atoms with Gasteiger partial charge in [-0.3, -0.25) is 0 Å². The molecule has 6 heteroatoms. The van der Waals surface area contributed by atoms with Crippen LogP contribution in [0.5, 0.6) is 0 Å². The molecule has 0 N–H and O–H groups in total. The molecule has 0 aliphatic heterocycles. The van der Waals surface area contributed by atoms with Gasteiger partial charge < -0.3 is 0 Å². The standard InChI is InChI=1S/C20H20IN2.2Al.HI/c1-4-5-9-19-14(2)18-11-10-16(13-20(18)22-19)15-7-6-8-17(12-15)23-21-3;;;/h4-9,12-13H,1,10-11H2,2-3H3;;;1H/q-3;+1;+2;/p-1/b9-5-;;;. The van der Waals surface area contributed by atoms with Crippen molar-refractivity contribution in [1.82, 2.24) is 3.55 Å². The molecule has 1 aromatic carbocycles. The summed E-state index contributed by atoms with van der Waals surface area (Å²) in [6, 6.07) is 8.98. The number of alkyl halides is 1. The molecule has 3 radical (unpaired) electrons. The first-order valence-electron chi connectivity index (χ1n) is 8.42. The van der Waals surface area contributed by atoms with E-state index in [1.165, 1.54) is 39.3 Å². The molecule has 1 aliphatic rings. The number of aromatic nitrogens is 1. The molecule has 0 bridgehead atoms. The van der Waals surface area contributed by atoms with Crippen LogP contribution in [-0.2, 0) is 6.42 Å². The maximum atomic E-state index is 3.82. The minimum atomic E-state index is 0.0357. The molecule has 131 valence electrons. The molecule has 1 aliphatic carbocycles. The second-order valence-electron chi connectivity index (χ2n) is 6.14. The molecule has 0 amide bonds. The molecule has 0 fully saturated rings. The van der Waals surface area contributed by atoms with Crippen molar-refractivity contribution in [1.29, 1.82) is 0 Å². The average Bonchev–Trinajstić information content (AvgIpc) is 2.96. The Morgan fingerprint density at radius 2 is 2.19 bits per heavy atom. The molecule has 0 spiro atoms. The number of hydrogen-bond donors (Lipinski definition) is 0. The molecule has 0 saturated heterocycles. The fraction of sp³-hybridized carbons (Fsp3) is 0.200. The number of hydrogen-bond acceptors (Lipinski definition) is 1. The Balaban J connectivity index is 2.06. The summed E-state index contributed by atoms with van der Waals surface area (Å²) in [5.74, 6) is 0. The van der Waals surface area contributed by atoms with E-state index in [1.807, 2.05) is 12.2 Å². The third-order valence-corrected chi connectivity index (χ3v) is 10.4. The number of benzene rings is 1. The fourth-order valence-corrected chi connectivity index (χ4v) is 6.94. The molecular formula is C20H20Al2I2N2-. The molecule has 2 nitrogen and oxygen atoms in total. The summed E-state index contributed by atoms with van der Waals surface area (Å²) in [4.78, 5) is 2.28. The predicted molar refractivity (Wildman–Crippen MR) is 120 cm³/mol. The van der Waals surface area contributed by atoms with Crippen molar-refractivity contribution in [3.63, 3.8) is 0 Å². The summed E-state index contributed by atoms with van der Waals surface area (Å²) in [6.45, 7) is 6.08. The Morgan fingerprint density at radius 1 is 1.38 bits per heavy atom. The monoisotopic (exact) mass is 596 g/mol. The van der Waals surface area contributed by atoms with Gasteiger partial charge in [-0.2, -0.15) is 0 Å². The zero-order chi connectivity index (χ0) is 18.7. The van der Waals surface area contributed by atoms with Gasteiger partial charge in [-0.05, 0) is 0 Å². The van der Waals surface area contributed by atoms with Crippen LogP contribution in [0.3, 0.4) is 0 Å². The Kier molecular flexibility index (Phi) is 7.59. The number of anilines is 1. The van der Waals surface area contributed by atoms with Crippen molar-refractivity contribution in [2.75, 3.05) is 7.03 Å². The summed E-state index contributed by atoms with van der Waals surface area (Å²) in [7, 11) is 0. The van der Waals surface area contributed by atoms with Gasteiger partial charge in [0.05, 0.1) is 0 Å². The van der Waals surface area contributed by atoms with Crippen LogP contribution in [0.15, 0.2) is 43.0 Å². The number of nitrogens with zero attached hydrogens (tertiary/aromatic N) is 2. The van der Waals surface area contributed by atoms with Crippen LogP contribution in [0.4, 0.5) is 5.69 Å². The first-order chi connectivity index (χ1) is 12.6. The quantitative estimate of drug-likeness (QED) is 0.163. The Bertz CT molecular complexity index is 884. The maximum absolute atomic E-state index is 3.82. The third-order valence-electron chi connectivity index (χ3n) is 4.75. The van der Waals surface area contributed by atoms with Crippen molar-refractivity contribution < 1.29 is 21.5 Å². The predicted octanol–water partition coefficient (Wildman–Crippen LogP) is 1.82. The van der Waals surface area contributed by atoms with Crippen LogP contribution in [0.25, 0.3) is 17.7 Å². The molecule has 1 heterocycles. The number of rotatable bonds is 6. The van der Waals surface area contributed by atoms with Gasteiger partial charge in [0.15, 0.2) is 0 Å². The molecule has 2 aromatic rings. The fourth-order valence-electron chi connectivity index (χ4n) is 3.41. The number of allylic oxidation sites excluding steroid dienone is 3. The van der Waals surface area contributed by atoms with Gasteiger partial charge in [-0.25, -0.2) is 0 Å². The molecule has 1 aromatic heterocycles. The average molecular weight is 596 g/mol. The van der Waals surface area contributed by atoms with E-state index in [4.69, 9.17) is 0 Å². The molecule has 26 heavy (non-hydrogen) atoms. The molecule has 0 saturated carbocycles. The Labute approximate surface area is 193 Å². The summed E-state index contributed by atoms with van der Waals surface area (Å²) in [5.41, 5.74) is 9.81. The summed E-state index contributed by atoms with van der Waals surface area (Å²) >= 11 is 5.60. The van der Waals surface area contributed by atoms with Crippen molar-refractivity contribution in [2.24, 2.45) is 0 Å². The van der Waals surface area contributed by atoms with E-state index in [2.05, 4.69) is 97.3 Å². The van der Waals surface area contributed by atoms with Gasteiger partial charge in [0.1, 0.15) is 0 Å². The van der Waals surface area contributed by atoms with Crippen molar-refractivity contribution in [2.45, 2.75) is 19.8 Å². The second-order valence-corrected chi connectivity index (χ2v) is 12.1. The van der Waals surface area contributed by atoms with Crippen LogP contribution in [0.2, 0.25) is 0 Å².